The molecule has 56 heavy (non-hydrogen) atoms. The molecule has 3 heterocycles. The third kappa shape index (κ3) is 10.5. The van der Waals surface area contributed by atoms with Gasteiger partial charge in [0.2, 0.25) is 6.29 Å². The Bertz CT molecular complexity index is 1640. The Morgan fingerprint density at radius 2 is 1.29 bits per heavy atom. The first kappa shape index (κ1) is 43.1. The number of phenolic OH excluding ortho intramolecular Hbond substituents is 1. The second-order valence-corrected chi connectivity index (χ2v) is 13.4. The Labute approximate surface area is 321 Å². The minimum atomic E-state index is -1.75. The predicted octanol–water partition coefficient (Wildman–Crippen LogP) is -1.55. The van der Waals surface area contributed by atoms with Gasteiger partial charge >= 0.3 is 11.9 Å². The normalized spacial score (nSPS) is 32.7. The minimum absolute atomic E-state index is 0.0320. The molecule has 0 radical (unpaired) electrons. The summed E-state index contributed by atoms with van der Waals surface area (Å²) >= 11 is 0. The topological polar surface area (TPSA) is 281 Å². The van der Waals surface area contributed by atoms with Crippen LogP contribution in [0.25, 0.3) is 0 Å². The molecule has 2 saturated heterocycles. The van der Waals surface area contributed by atoms with Crippen molar-refractivity contribution in [1.29, 1.82) is 0 Å². The number of carbonyl (C=O) groups excluding carboxylic acids is 2. The van der Waals surface area contributed by atoms with Gasteiger partial charge in [-0.15, -0.1) is 0 Å². The molecule has 0 aliphatic carbocycles. The van der Waals surface area contributed by atoms with Crippen LogP contribution in [0.5, 0.6) is 11.5 Å². The quantitative estimate of drug-likeness (QED) is 0.0561. The summed E-state index contributed by atoms with van der Waals surface area (Å²) in [6.07, 6.45) is -13.5. The van der Waals surface area contributed by atoms with Gasteiger partial charge in [-0.3, -0.25) is 4.79 Å². The molecular formula is C38H48O18. The second kappa shape index (κ2) is 19.9. The van der Waals surface area contributed by atoms with Crippen LogP contribution in [0.4, 0.5) is 0 Å². The fraction of sp³-hybridized carbons (Fsp3) is 0.526. The van der Waals surface area contributed by atoms with E-state index in [-0.39, 0.29) is 35.9 Å². The van der Waals surface area contributed by atoms with Crippen LogP contribution in [-0.4, -0.2) is 152 Å². The minimum Gasteiger partial charge on any atom is -0.508 e. The van der Waals surface area contributed by atoms with Crippen molar-refractivity contribution in [3.63, 3.8) is 0 Å². The van der Waals surface area contributed by atoms with Gasteiger partial charge in [0.05, 0.1) is 44.7 Å². The van der Waals surface area contributed by atoms with E-state index in [1.54, 1.807) is 31.2 Å². The lowest BCUT2D eigenvalue weighted by Gasteiger charge is -2.41. The summed E-state index contributed by atoms with van der Waals surface area (Å²) in [5.74, 6) is -2.35. The number of carbonyl (C=O) groups is 2. The summed E-state index contributed by atoms with van der Waals surface area (Å²) in [7, 11) is 0. The fourth-order valence-corrected chi connectivity index (χ4v) is 6.38. The van der Waals surface area contributed by atoms with Gasteiger partial charge in [0.1, 0.15) is 60.3 Å². The Morgan fingerprint density at radius 3 is 1.88 bits per heavy atom. The molecule has 0 aromatic heterocycles. The number of aromatic hydroxyl groups is 1. The van der Waals surface area contributed by atoms with Crippen LogP contribution in [0.1, 0.15) is 24.5 Å². The molecule has 5 rings (SSSR count). The summed E-state index contributed by atoms with van der Waals surface area (Å²) in [6, 6.07) is 12.7. The summed E-state index contributed by atoms with van der Waals surface area (Å²) in [4.78, 5) is 26.8. The van der Waals surface area contributed by atoms with E-state index in [0.717, 1.165) is 17.4 Å². The summed E-state index contributed by atoms with van der Waals surface area (Å²) in [6.45, 7) is 0.298. The van der Waals surface area contributed by atoms with Crippen molar-refractivity contribution < 1.29 is 88.7 Å². The van der Waals surface area contributed by atoms with Crippen LogP contribution in [0.3, 0.4) is 0 Å². The number of hydrogen-bond acceptors (Lipinski definition) is 18. The first-order valence-electron chi connectivity index (χ1n) is 18.0. The number of benzene rings is 2. The molecule has 3 aliphatic heterocycles. The third-order valence-corrected chi connectivity index (χ3v) is 9.65. The van der Waals surface area contributed by atoms with Crippen LogP contribution in [0.2, 0.25) is 0 Å². The molecule has 2 aromatic rings. The van der Waals surface area contributed by atoms with Crippen molar-refractivity contribution in [2.75, 3.05) is 26.4 Å². The first-order chi connectivity index (χ1) is 26.8. The lowest BCUT2D eigenvalue weighted by Crippen LogP contribution is -2.60. The highest BCUT2D eigenvalue weighted by Gasteiger charge is 2.47. The first-order valence-corrected chi connectivity index (χ1v) is 18.0. The number of hydrogen-bond donors (Lipinski definition) is 9. The number of rotatable bonds is 15. The van der Waals surface area contributed by atoms with E-state index < -0.39 is 105 Å². The van der Waals surface area contributed by atoms with E-state index in [1.807, 2.05) is 0 Å². The van der Waals surface area contributed by atoms with E-state index in [2.05, 4.69) is 0 Å². The standard InChI is InChI=1S/C38H48O18/c1-2-23-24(15-28(42)53-22-9-5-20(6-10-22)12-14-51-37-33(47)31(45)29(43)26(16-39)54-37)25(35(49)50-13-11-19-3-7-21(41)8-4-19)18-52-36(23)56-38-34(48)32(46)30(44)27(17-40)55-38/h2-10,18,24,26-27,29-34,36-41,43-48H,11-17H2,1H3. The highest BCUT2D eigenvalue weighted by Crippen LogP contribution is 2.36. The number of phenols is 1. The average Bonchev–Trinajstić information content (AvgIpc) is 3.19. The number of allylic oxidation sites excluding steroid dienone is 1. The Morgan fingerprint density at radius 1 is 0.732 bits per heavy atom. The van der Waals surface area contributed by atoms with Crippen molar-refractivity contribution in [2.24, 2.45) is 5.92 Å². The van der Waals surface area contributed by atoms with Crippen molar-refractivity contribution in [2.45, 2.75) is 93.9 Å². The molecule has 0 amide bonds. The molecule has 2 fully saturated rings. The van der Waals surface area contributed by atoms with Gasteiger partial charge in [0, 0.05) is 17.9 Å². The summed E-state index contributed by atoms with van der Waals surface area (Å²) < 4.78 is 39.0. The van der Waals surface area contributed by atoms with Crippen LogP contribution >= 0.6 is 0 Å². The van der Waals surface area contributed by atoms with E-state index in [4.69, 9.17) is 33.2 Å². The highest BCUT2D eigenvalue weighted by molar-refractivity contribution is 5.91. The van der Waals surface area contributed by atoms with Crippen LogP contribution in [0, 0.1) is 5.92 Å². The maximum atomic E-state index is 13.4. The molecule has 0 saturated carbocycles. The van der Waals surface area contributed by atoms with E-state index in [0.29, 0.717) is 12.8 Å². The zero-order valence-electron chi connectivity index (χ0n) is 30.4. The Hall–Kier alpha value is -4.02. The molecule has 18 nitrogen and oxygen atoms in total. The SMILES string of the molecule is CC=C1C(OC2OC(CO)C(O)C(O)C2O)OC=C(C(=O)OCCc2ccc(O)cc2)C1CC(=O)Oc1ccc(CCOC2OC(CO)C(O)C(O)C2O)cc1. The van der Waals surface area contributed by atoms with Gasteiger partial charge in [-0.2, -0.15) is 0 Å². The van der Waals surface area contributed by atoms with Crippen molar-refractivity contribution in [1.82, 2.24) is 0 Å². The van der Waals surface area contributed by atoms with Crippen LogP contribution in [0.15, 0.2) is 72.0 Å². The molecule has 308 valence electrons. The van der Waals surface area contributed by atoms with Gasteiger partial charge < -0.3 is 79.1 Å². The molecule has 2 aromatic carbocycles. The van der Waals surface area contributed by atoms with Gasteiger partial charge in [-0.25, -0.2) is 4.79 Å². The number of aliphatic hydroxyl groups is 8. The summed E-state index contributed by atoms with van der Waals surface area (Å²) in [5.41, 5.74) is 1.72. The summed E-state index contributed by atoms with van der Waals surface area (Å²) in [5, 5.41) is 89.6. The maximum absolute atomic E-state index is 13.4. The lowest BCUT2D eigenvalue weighted by molar-refractivity contribution is -0.327. The van der Waals surface area contributed by atoms with Crippen molar-refractivity contribution >= 4 is 11.9 Å². The monoisotopic (exact) mass is 792 g/mol. The van der Waals surface area contributed by atoms with E-state index in [1.165, 1.54) is 30.3 Å². The zero-order chi connectivity index (χ0) is 40.5. The smallest absolute Gasteiger partial charge is 0.337 e. The van der Waals surface area contributed by atoms with E-state index in [9.17, 15) is 55.5 Å². The molecule has 12 unspecified atom stereocenters. The molecule has 12 atom stereocenters. The Kier molecular flexibility index (Phi) is 15.3. The van der Waals surface area contributed by atoms with Gasteiger partial charge in [0.25, 0.3) is 0 Å². The van der Waals surface area contributed by atoms with Crippen LogP contribution < -0.4 is 4.74 Å². The largest absolute Gasteiger partial charge is 0.508 e. The molecule has 0 spiro atoms. The lowest BCUT2D eigenvalue weighted by atomic mass is 9.86. The van der Waals surface area contributed by atoms with E-state index >= 15 is 0 Å². The van der Waals surface area contributed by atoms with Crippen molar-refractivity contribution in [3.05, 3.63) is 83.1 Å². The molecule has 3 aliphatic rings. The third-order valence-electron chi connectivity index (χ3n) is 9.65. The molecule has 0 bridgehead atoms. The van der Waals surface area contributed by atoms with Gasteiger partial charge in [-0.05, 0) is 48.7 Å². The van der Waals surface area contributed by atoms with Gasteiger partial charge in [0.15, 0.2) is 12.6 Å². The van der Waals surface area contributed by atoms with Crippen LogP contribution in [-0.2, 0) is 50.9 Å². The zero-order valence-corrected chi connectivity index (χ0v) is 30.4. The van der Waals surface area contributed by atoms with Gasteiger partial charge in [-0.1, -0.05) is 30.3 Å². The fourth-order valence-electron chi connectivity index (χ4n) is 6.38. The average molecular weight is 793 g/mol. The Balaban J connectivity index is 1.23. The number of ether oxygens (including phenoxy) is 7. The molecular weight excluding hydrogens is 744 g/mol. The molecule has 9 N–H and O–H groups in total. The van der Waals surface area contributed by atoms with Crippen molar-refractivity contribution in [3.8, 4) is 11.5 Å². The second-order valence-electron chi connectivity index (χ2n) is 13.4. The number of aliphatic hydroxyl groups excluding tert-OH is 8. The predicted molar refractivity (Wildman–Crippen MR) is 188 cm³/mol. The maximum Gasteiger partial charge on any atom is 0.337 e. The highest BCUT2D eigenvalue weighted by atomic mass is 16.8. The molecule has 18 heteroatoms. The number of esters is 2.